The summed E-state index contributed by atoms with van der Waals surface area (Å²) in [7, 11) is 1.85. The number of nitrogens with zero attached hydrogens (tertiary/aromatic N) is 3. The van der Waals surface area contributed by atoms with Gasteiger partial charge in [-0.2, -0.15) is 5.10 Å². The van der Waals surface area contributed by atoms with E-state index < -0.39 is 0 Å². The second-order valence-electron chi connectivity index (χ2n) is 5.28. The summed E-state index contributed by atoms with van der Waals surface area (Å²) >= 11 is 6.28. The number of halogens is 1. The van der Waals surface area contributed by atoms with Gasteiger partial charge in [0, 0.05) is 20.1 Å². The molecule has 0 unspecified atom stereocenters. The standard InChI is InChI=1S/C14H23ClN4O/c1-3-12-14(15)13(18(2)17-12)9-11(20)10-19-7-4-5-16-6-8-19/h16H,3-10H2,1-2H3. The van der Waals surface area contributed by atoms with Crippen LogP contribution in [0, 0.1) is 0 Å². The number of carbonyl (C=O) groups excluding carboxylic acids is 1. The Balaban J connectivity index is 1.95. The van der Waals surface area contributed by atoms with Gasteiger partial charge in [0.2, 0.25) is 0 Å². The highest BCUT2D eigenvalue weighted by atomic mass is 35.5. The lowest BCUT2D eigenvalue weighted by molar-refractivity contribution is -0.119. The highest BCUT2D eigenvalue weighted by Gasteiger charge is 2.18. The van der Waals surface area contributed by atoms with Crippen molar-refractivity contribution in [1.29, 1.82) is 0 Å². The molecule has 1 aromatic rings. The normalized spacial score (nSPS) is 17.1. The van der Waals surface area contributed by atoms with Gasteiger partial charge in [0.25, 0.3) is 0 Å². The molecule has 1 N–H and O–H groups in total. The average molecular weight is 299 g/mol. The summed E-state index contributed by atoms with van der Waals surface area (Å²) in [6, 6.07) is 0. The van der Waals surface area contributed by atoms with E-state index in [2.05, 4.69) is 15.3 Å². The molecule has 1 aliphatic rings. The molecular formula is C14H23ClN4O. The van der Waals surface area contributed by atoms with Crippen LogP contribution in [-0.2, 0) is 24.7 Å². The van der Waals surface area contributed by atoms with Crippen LogP contribution in [-0.4, -0.2) is 53.2 Å². The summed E-state index contributed by atoms with van der Waals surface area (Å²) in [4.78, 5) is 14.4. The number of hydrogen-bond donors (Lipinski definition) is 1. The molecule has 0 spiro atoms. The lowest BCUT2D eigenvalue weighted by Crippen LogP contribution is -2.33. The van der Waals surface area contributed by atoms with Gasteiger partial charge in [-0.25, -0.2) is 0 Å². The van der Waals surface area contributed by atoms with Gasteiger partial charge >= 0.3 is 0 Å². The summed E-state index contributed by atoms with van der Waals surface area (Å²) in [5.41, 5.74) is 1.71. The van der Waals surface area contributed by atoms with Crippen molar-refractivity contribution in [3.05, 3.63) is 16.4 Å². The Morgan fingerprint density at radius 3 is 2.90 bits per heavy atom. The number of hydrogen-bond acceptors (Lipinski definition) is 4. The minimum absolute atomic E-state index is 0.208. The fourth-order valence-electron chi connectivity index (χ4n) is 2.56. The van der Waals surface area contributed by atoms with Gasteiger partial charge in [0.1, 0.15) is 0 Å². The number of rotatable bonds is 5. The lowest BCUT2D eigenvalue weighted by Gasteiger charge is -2.18. The van der Waals surface area contributed by atoms with E-state index in [4.69, 9.17) is 11.6 Å². The average Bonchev–Trinajstić information content (AvgIpc) is 2.63. The largest absolute Gasteiger partial charge is 0.315 e. The van der Waals surface area contributed by atoms with Crippen LogP contribution < -0.4 is 5.32 Å². The Morgan fingerprint density at radius 2 is 2.20 bits per heavy atom. The van der Waals surface area contributed by atoms with Gasteiger partial charge in [-0.3, -0.25) is 14.4 Å². The maximum Gasteiger partial charge on any atom is 0.152 e. The van der Waals surface area contributed by atoms with Crippen molar-refractivity contribution in [3.8, 4) is 0 Å². The molecule has 2 rings (SSSR count). The molecule has 1 aliphatic heterocycles. The van der Waals surface area contributed by atoms with Crippen LogP contribution >= 0.6 is 11.6 Å². The third-order valence-electron chi connectivity index (χ3n) is 3.70. The van der Waals surface area contributed by atoms with Gasteiger partial charge in [0.05, 0.1) is 29.4 Å². The number of aromatic nitrogens is 2. The molecule has 0 amide bonds. The van der Waals surface area contributed by atoms with Crippen LogP contribution in [0.2, 0.25) is 5.02 Å². The molecule has 6 heteroatoms. The van der Waals surface area contributed by atoms with Crippen molar-refractivity contribution >= 4 is 17.4 Å². The zero-order chi connectivity index (χ0) is 14.5. The van der Waals surface area contributed by atoms with Crippen LogP contribution in [0.4, 0.5) is 0 Å². The quantitative estimate of drug-likeness (QED) is 0.882. The van der Waals surface area contributed by atoms with Gasteiger partial charge in [0.15, 0.2) is 5.78 Å². The highest BCUT2D eigenvalue weighted by Crippen LogP contribution is 2.21. The van der Waals surface area contributed by atoms with Crippen LogP contribution in [0.3, 0.4) is 0 Å². The first-order valence-electron chi connectivity index (χ1n) is 7.26. The SMILES string of the molecule is CCc1nn(C)c(CC(=O)CN2CCCNCC2)c1Cl. The van der Waals surface area contributed by atoms with E-state index in [1.165, 1.54) is 0 Å². The molecule has 0 radical (unpaired) electrons. The van der Waals surface area contributed by atoms with E-state index >= 15 is 0 Å². The first-order valence-corrected chi connectivity index (χ1v) is 7.64. The predicted molar refractivity (Wildman–Crippen MR) is 80.2 cm³/mol. The number of ketones is 1. The number of Topliss-reactive ketones (excluding diaryl/α,β-unsaturated/α-hetero) is 1. The molecule has 20 heavy (non-hydrogen) atoms. The molecular weight excluding hydrogens is 276 g/mol. The third-order valence-corrected chi connectivity index (χ3v) is 4.14. The number of carbonyl (C=O) groups is 1. The summed E-state index contributed by atoms with van der Waals surface area (Å²) < 4.78 is 1.74. The van der Waals surface area contributed by atoms with Crippen molar-refractivity contribution in [1.82, 2.24) is 20.0 Å². The monoisotopic (exact) mass is 298 g/mol. The van der Waals surface area contributed by atoms with Crippen LogP contribution in [0.5, 0.6) is 0 Å². The van der Waals surface area contributed by atoms with E-state index in [-0.39, 0.29) is 5.78 Å². The molecule has 2 heterocycles. The first kappa shape index (κ1) is 15.5. The van der Waals surface area contributed by atoms with Crippen LogP contribution in [0.25, 0.3) is 0 Å². The summed E-state index contributed by atoms with van der Waals surface area (Å²) in [5, 5.41) is 8.35. The van der Waals surface area contributed by atoms with Crippen molar-refractivity contribution < 1.29 is 4.79 Å². The van der Waals surface area contributed by atoms with Crippen molar-refractivity contribution in [3.63, 3.8) is 0 Å². The van der Waals surface area contributed by atoms with Gasteiger partial charge in [-0.05, 0) is 25.9 Å². The van der Waals surface area contributed by atoms with Crippen LogP contribution in [0.1, 0.15) is 24.7 Å². The van der Waals surface area contributed by atoms with Crippen LogP contribution in [0.15, 0.2) is 0 Å². The van der Waals surface area contributed by atoms with Gasteiger partial charge < -0.3 is 5.32 Å². The molecule has 1 aromatic heterocycles. The Morgan fingerprint density at radius 1 is 1.40 bits per heavy atom. The highest BCUT2D eigenvalue weighted by molar-refractivity contribution is 6.32. The van der Waals surface area contributed by atoms with Gasteiger partial charge in [-0.15, -0.1) is 0 Å². The molecule has 1 saturated heterocycles. The van der Waals surface area contributed by atoms with E-state index in [0.717, 1.165) is 50.4 Å². The first-order chi connectivity index (χ1) is 9.61. The van der Waals surface area contributed by atoms with Crippen molar-refractivity contribution in [2.75, 3.05) is 32.7 Å². The van der Waals surface area contributed by atoms with Gasteiger partial charge in [-0.1, -0.05) is 18.5 Å². The Labute approximate surface area is 125 Å². The zero-order valence-electron chi connectivity index (χ0n) is 12.3. The van der Waals surface area contributed by atoms with E-state index in [9.17, 15) is 4.79 Å². The Kier molecular flexibility index (Phi) is 5.57. The van der Waals surface area contributed by atoms with E-state index in [1.807, 2.05) is 14.0 Å². The number of aryl methyl sites for hydroxylation is 2. The molecule has 0 atom stereocenters. The molecule has 0 saturated carbocycles. The molecule has 5 nitrogen and oxygen atoms in total. The smallest absolute Gasteiger partial charge is 0.152 e. The Bertz CT molecular complexity index is 464. The molecule has 1 fully saturated rings. The summed E-state index contributed by atoms with van der Waals surface area (Å²) in [6.07, 6.45) is 2.25. The fraction of sp³-hybridized carbons (Fsp3) is 0.714. The fourth-order valence-corrected chi connectivity index (χ4v) is 2.92. The van der Waals surface area contributed by atoms with Crippen molar-refractivity contribution in [2.45, 2.75) is 26.2 Å². The second-order valence-corrected chi connectivity index (χ2v) is 5.66. The maximum atomic E-state index is 12.2. The predicted octanol–water partition coefficient (Wildman–Crippen LogP) is 1.04. The maximum absolute atomic E-state index is 12.2. The van der Waals surface area contributed by atoms with E-state index in [0.29, 0.717) is 18.0 Å². The number of nitrogens with one attached hydrogen (secondary N) is 1. The zero-order valence-corrected chi connectivity index (χ0v) is 13.0. The molecule has 0 aromatic carbocycles. The topological polar surface area (TPSA) is 50.2 Å². The lowest BCUT2D eigenvalue weighted by atomic mass is 10.2. The molecule has 0 bridgehead atoms. The third kappa shape index (κ3) is 3.81. The molecule has 112 valence electrons. The minimum Gasteiger partial charge on any atom is -0.315 e. The van der Waals surface area contributed by atoms with E-state index in [1.54, 1.807) is 4.68 Å². The Hall–Kier alpha value is -0.910. The minimum atomic E-state index is 0.208. The summed E-state index contributed by atoms with van der Waals surface area (Å²) in [5.74, 6) is 0.208. The van der Waals surface area contributed by atoms with Crippen molar-refractivity contribution in [2.24, 2.45) is 7.05 Å². The second kappa shape index (κ2) is 7.20. The molecule has 0 aliphatic carbocycles. The summed E-state index contributed by atoms with van der Waals surface area (Å²) in [6.45, 7) is 6.44.